The SMILES string of the molecule is Cc1ccc(SC2=C(N3CCN(c4ccccc4)CC3)C(=O)N(c3cc(C)ccc3C)C2=O)cc1. The molecule has 35 heavy (non-hydrogen) atoms. The van der Waals surface area contributed by atoms with E-state index in [0.29, 0.717) is 29.4 Å². The zero-order valence-electron chi connectivity index (χ0n) is 20.3. The van der Waals surface area contributed by atoms with Crippen LogP contribution < -0.4 is 9.80 Å². The molecule has 0 saturated carbocycles. The maximum Gasteiger partial charge on any atom is 0.283 e. The smallest absolute Gasteiger partial charge is 0.283 e. The van der Waals surface area contributed by atoms with Crippen molar-refractivity contribution in [2.24, 2.45) is 0 Å². The number of piperazine rings is 1. The number of para-hydroxylation sites is 1. The van der Waals surface area contributed by atoms with Crippen LogP contribution in [0, 0.1) is 20.8 Å². The van der Waals surface area contributed by atoms with Crippen molar-refractivity contribution in [3.8, 4) is 0 Å². The molecule has 0 radical (unpaired) electrons. The van der Waals surface area contributed by atoms with E-state index in [1.165, 1.54) is 22.3 Å². The highest BCUT2D eigenvalue weighted by Crippen LogP contribution is 2.40. The van der Waals surface area contributed by atoms with Gasteiger partial charge in [0.25, 0.3) is 11.8 Å². The summed E-state index contributed by atoms with van der Waals surface area (Å²) in [4.78, 5) is 34.9. The van der Waals surface area contributed by atoms with E-state index in [2.05, 4.69) is 21.9 Å². The second-order valence-corrected chi connectivity index (χ2v) is 10.2. The molecule has 2 aliphatic rings. The van der Waals surface area contributed by atoms with Crippen molar-refractivity contribution in [3.05, 3.63) is 100 Å². The molecular weight excluding hydrogens is 454 g/mol. The van der Waals surface area contributed by atoms with Crippen LogP contribution in [0.15, 0.2) is 88.3 Å². The van der Waals surface area contributed by atoms with Gasteiger partial charge in [-0.15, -0.1) is 0 Å². The maximum atomic E-state index is 13.9. The number of anilines is 2. The molecule has 3 aromatic rings. The summed E-state index contributed by atoms with van der Waals surface area (Å²) >= 11 is 1.39. The quantitative estimate of drug-likeness (QED) is 0.460. The van der Waals surface area contributed by atoms with Crippen molar-refractivity contribution in [2.45, 2.75) is 25.7 Å². The first-order valence-electron chi connectivity index (χ1n) is 11.9. The minimum absolute atomic E-state index is 0.230. The van der Waals surface area contributed by atoms with E-state index >= 15 is 0 Å². The van der Waals surface area contributed by atoms with Gasteiger partial charge < -0.3 is 9.80 Å². The zero-order chi connectivity index (χ0) is 24.5. The van der Waals surface area contributed by atoms with Gasteiger partial charge in [-0.25, -0.2) is 4.90 Å². The van der Waals surface area contributed by atoms with E-state index in [1.807, 2.05) is 81.4 Å². The summed E-state index contributed by atoms with van der Waals surface area (Å²) in [5.41, 5.74) is 5.46. The largest absolute Gasteiger partial charge is 0.368 e. The Hall–Kier alpha value is -3.51. The van der Waals surface area contributed by atoms with Crippen molar-refractivity contribution >= 4 is 35.0 Å². The molecule has 0 N–H and O–H groups in total. The van der Waals surface area contributed by atoms with Crippen LogP contribution in [0.5, 0.6) is 0 Å². The molecule has 0 aromatic heterocycles. The van der Waals surface area contributed by atoms with Gasteiger partial charge >= 0.3 is 0 Å². The Balaban J connectivity index is 1.48. The summed E-state index contributed by atoms with van der Waals surface area (Å²) in [6.45, 7) is 8.91. The van der Waals surface area contributed by atoms with Crippen LogP contribution in [0.25, 0.3) is 0 Å². The van der Waals surface area contributed by atoms with Gasteiger partial charge in [0.05, 0.1) is 5.69 Å². The van der Waals surface area contributed by atoms with Crippen LogP contribution in [0.1, 0.15) is 16.7 Å². The van der Waals surface area contributed by atoms with Gasteiger partial charge in [0.2, 0.25) is 0 Å². The van der Waals surface area contributed by atoms with Crippen molar-refractivity contribution in [1.82, 2.24) is 4.90 Å². The molecular formula is C29H29N3O2S. The highest BCUT2D eigenvalue weighted by molar-refractivity contribution is 8.04. The first-order valence-corrected chi connectivity index (χ1v) is 12.7. The molecule has 5 nitrogen and oxygen atoms in total. The lowest BCUT2D eigenvalue weighted by Crippen LogP contribution is -2.47. The molecule has 1 saturated heterocycles. The Morgan fingerprint density at radius 3 is 2.00 bits per heavy atom. The lowest BCUT2D eigenvalue weighted by Gasteiger charge is -2.37. The van der Waals surface area contributed by atoms with Crippen LogP contribution in [0.3, 0.4) is 0 Å². The molecule has 0 aliphatic carbocycles. The third-order valence-corrected chi connectivity index (χ3v) is 7.66. The molecule has 5 rings (SSSR count). The van der Waals surface area contributed by atoms with Crippen molar-refractivity contribution in [3.63, 3.8) is 0 Å². The molecule has 2 amide bonds. The molecule has 2 heterocycles. The van der Waals surface area contributed by atoms with E-state index in [9.17, 15) is 9.59 Å². The van der Waals surface area contributed by atoms with Gasteiger partial charge in [-0.1, -0.05) is 59.8 Å². The van der Waals surface area contributed by atoms with E-state index in [-0.39, 0.29) is 11.8 Å². The molecule has 178 valence electrons. The summed E-state index contributed by atoms with van der Waals surface area (Å²) in [5, 5.41) is 0. The van der Waals surface area contributed by atoms with Gasteiger partial charge in [-0.2, -0.15) is 0 Å². The lowest BCUT2D eigenvalue weighted by molar-refractivity contribution is -0.121. The van der Waals surface area contributed by atoms with E-state index in [0.717, 1.165) is 34.7 Å². The van der Waals surface area contributed by atoms with Crippen molar-refractivity contribution in [1.29, 1.82) is 0 Å². The number of imide groups is 1. The topological polar surface area (TPSA) is 43.9 Å². The number of aryl methyl sites for hydroxylation is 3. The Kier molecular flexibility index (Phi) is 6.39. The normalized spacial score (nSPS) is 16.5. The minimum atomic E-state index is -0.241. The van der Waals surface area contributed by atoms with Gasteiger partial charge in [0.15, 0.2) is 0 Å². The third-order valence-electron chi connectivity index (χ3n) is 6.58. The molecule has 3 aromatic carbocycles. The van der Waals surface area contributed by atoms with Gasteiger partial charge in [-0.3, -0.25) is 9.59 Å². The molecule has 0 unspecified atom stereocenters. The number of benzene rings is 3. The van der Waals surface area contributed by atoms with Crippen molar-refractivity contribution < 1.29 is 9.59 Å². The van der Waals surface area contributed by atoms with Crippen LogP contribution in [0.2, 0.25) is 0 Å². The third kappa shape index (κ3) is 4.58. The summed E-state index contributed by atoms with van der Waals surface area (Å²) < 4.78 is 0. The Bertz CT molecular complexity index is 1290. The zero-order valence-corrected chi connectivity index (χ0v) is 21.1. The Labute approximate surface area is 211 Å². The van der Waals surface area contributed by atoms with Gasteiger partial charge in [0, 0.05) is 36.8 Å². The number of nitrogens with zero attached hydrogens (tertiary/aromatic N) is 3. The predicted octanol–water partition coefficient (Wildman–Crippen LogP) is 5.31. The number of carbonyl (C=O) groups excluding carboxylic acids is 2. The van der Waals surface area contributed by atoms with Crippen LogP contribution in [-0.4, -0.2) is 42.9 Å². The molecule has 6 heteroatoms. The monoisotopic (exact) mass is 483 g/mol. The molecule has 2 aliphatic heterocycles. The first-order chi connectivity index (χ1) is 16.9. The second-order valence-electron chi connectivity index (χ2n) is 9.14. The number of hydrogen-bond acceptors (Lipinski definition) is 5. The number of thioether (sulfide) groups is 1. The van der Waals surface area contributed by atoms with Crippen LogP contribution >= 0.6 is 11.8 Å². The van der Waals surface area contributed by atoms with Gasteiger partial charge in [-0.05, 0) is 62.2 Å². The minimum Gasteiger partial charge on any atom is -0.368 e. The van der Waals surface area contributed by atoms with E-state index in [4.69, 9.17) is 0 Å². The van der Waals surface area contributed by atoms with Crippen molar-refractivity contribution in [2.75, 3.05) is 36.0 Å². The van der Waals surface area contributed by atoms with Crippen LogP contribution in [-0.2, 0) is 9.59 Å². The van der Waals surface area contributed by atoms with Crippen LogP contribution in [0.4, 0.5) is 11.4 Å². The summed E-state index contributed by atoms with van der Waals surface area (Å²) in [6, 6.07) is 24.3. The lowest BCUT2D eigenvalue weighted by atomic mass is 10.1. The second kappa shape index (κ2) is 9.62. The maximum absolute atomic E-state index is 13.9. The highest BCUT2D eigenvalue weighted by atomic mass is 32.2. The first kappa shape index (κ1) is 23.2. The van der Waals surface area contributed by atoms with E-state index < -0.39 is 0 Å². The number of rotatable bonds is 5. The number of amides is 2. The van der Waals surface area contributed by atoms with Gasteiger partial charge in [0.1, 0.15) is 10.6 Å². The highest BCUT2D eigenvalue weighted by Gasteiger charge is 2.43. The Morgan fingerprint density at radius 2 is 1.31 bits per heavy atom. The summed E-state index contributed by atoms with van der Waals surface area (Å²) in [5.74, 6) is -0.471. The summed E-state index contributed by atoms with van der Waals surface area (Å²) in [6.07, 6.45) is 0. The number of hydrogen-bond donors (Lipinski definition) is 0. The molecule has 0 spiro atoms. The average Bonchev–Trinajstić information content (AvgIpc) is 3.11. The summed E-state index contributed by atoms with van der Waals surface area (Å²) in [7, 11) is 0. The average molecular weight is 484 g/mol. The molecule has 1 fully saturated rings. The molecule has 0 bridgehead atoms. The predicted molar refractivity (Wildman–Crippen MR) is 143 cm³/mol. The fourth-order valence-corrected chi connectivity index (χ4v) is 5.60. The number of carbonyl (C=O) groups is 2. The molecule has 0 atom stereocenters. The fourth-order valence-electron chi connectivity index (χ4n) is 4.60. The fraction of sp³-hybridized carbons (Fsp3) is 0.241. The van der Waals surface area contributed by atoms with E-state index in [1.54, 1.807) is 0 Å². The standard InChI is InChI=1S/C29H29N3O2S/c1-20-10-13-24(14-11-20)35-27-26(31-17-15-30(16-18-31)23-7-5-4-6-8-23)28(33)32(29(27)34)25-19-21(2)9-12-22(25)3/h4-14,19H,15-18H2,1-3H3. The Morgan fingerprint density at radius 1 is 0.686 bits per heavy atom.